The van der Waals surface area contributed by atoms with Gasteiger partial charge in [-0.1, -0.05) is 60.7 Å². The number of rotatable bonds is 3. The Kier molecular flexibility index (Phi) is 6.41. The molecule has 8 aromatic carbocycles. The molecule has 0 fully saturated rings. The molecule has 58 heavy (non-hydrogen) atoms. The van der Waals surface area contributed by atoms with Gasteiger partial charge in [0.25, 0.3) is 0 Å². The van der Waals surface area contributed by atoms with Gasteiger partial charge in [-0.2, -0.15) is 15.8 Å². The molecule has 0 radical (unpaired) electrons. The highest BCUT2D eigenvalue weighted by Crippen LogP contribution is 2.43. The van der Waals surface area contributed by atoms with Crippen molar-refractivity contribution in [3.8, 4) is 40.7 Å². The van der Waals surface area contributed by atoms with E-state index in [2.05, 4.69) is 94.1 Å². The second-order valence-electron chi connectivity index (χ2n) is 14.6. The molecule has 0 amide bonds. The fourth-order valence-electron chi connectivity index (χ4n) is 9.02. The van der Waals surface area contributed by atoms with Crippen LogP contribution >= 0.6 is 0 Å². The molecule has 12 rings (SSSR count). The zero-order chi connectivity index (χ0) is 38.6. The van der Waals surface area contributed by atoms with Crippen molar-refractivity contribution in [1.29, 1.82) is 15.8 Å². The van der Waals surface area contributed by atoms with Gasteiger partial charge in [0, 0.05) is 60.9 Å². The largest absolute Gasteiger partial charge is 0.456 e. The van der Waals surface area contributed by atoms with E-state index in [1.165, 1.54) is 0 Å². The molecule has 12 aromatic rings. The lowest BCUT2D eigenvalue weighted by Crippen LogP contribution is -1.99. The molecule has 0 aliphatic rings. The molecule has 4 heterocycles. The second-order valence-corrected chi connectivity index (χ2v) is 14.6. The average molecular weight is 740 g/mol. The molecule has 0 saturated carbocycles. The Balaban J connectivity index is 1.14. The number of benzene rings is 8. The summed E-state index contributed by atoms with van der Waals surface area (Å²) >= 11 is 0. The SMILES string of the molecule is N#Cc1cccc(-n2c3ccc(-c4ccc5c(c4)c4cc6c(cc4n5-c4cccc(C#N)c4C#N)oc4ccccc46)cc3c3cc4c(cc32)oc2ccccc24)c1. The van der Waals surface area contributed by atoms with Crippen molar-refractivity contribution >= 4 is 87.5 Å². The molecule has 0 aliphatic carbocycles. The lowest BCUT2D eigenvalue weighted by molar-refractivity contribution is 0.669. The smallest absolute Gasteiger partial charge is 0.137 e. The van der Waals surface area contributed by atoms with Crippen LogP contribution in [0.25, 0.3) is 110 Å². The van der Waals surface area contributed by atoms with Gasteiger partial charge in [-0.3, -0.25) is 0 Å². The van der Waals surface area contributed by atoms with Gasteiger partial charge in [-0.15, -0.1) is 0 Å². The van der Waals surface area contributed by atoms with Gasteiger partial charge in [-0.25, -0.2) is 0 Å². The number of fused-ring (bicyclic) bond motifs is 12. The summed E-state index contributed by atoms with van der Waals surface area (Å²) in [6.07, 6.45) is 0. The van der Waals surface area contributed by atoms with Crippen LogP contribution in [0.1, 0.15) is 16.7 Å². The number of para-hydroxylation sites is 2. The van der Waals surface area contributed by atoms with Gasteiger partial charge in [-0.05, 0) is 90.0 Å². The van der Waals surface area contributed by atoms with E-state index < -0.39 is 0 Å². The first-order valence-corrected chi connectivity index (χ1v) is 18.8. The maximum Gasteiger partial charge on any atom is 0.137 e. The topological polar surface area (TPSA) is 108 Å². The predicted molar refractivity (Wildman–Crippen MR) is 229 cm³/mol. The van der Waals surface area contributed by atoms with Gasteiger partial charge in [0.15, 0.2) is 0 Å². The van der Waals surface area contributed by atoms with Crippen LogP contribution in [0, 0.1) is 34.0 Å². The maximum absolute atomic E-state index is 10.3. The molecular weight excluding hydrogens is 715 g/mol. The standard InChI is InChI=1S/C51H25N5O2/c52-26-29-7-5-9-33(19-29)55-44-17-15-30(20-36(44)38-22-40-34-10-1-3-13-48(34)57-50(40)24-46(38)55)31-16-18-45-37(21-31)39-23-41-35-11-2-4-14-49(35)58-51(41)25-47(39)56(45)43-12-6-8-32(27-53)42(43)28-54/h1-25H. The maximum atomic E-state index is 10.3. The van der Waals surface area contributed by atoms with Crippen molar-refractivity contribution in [1.82, 2.24) is 9.13 Å². The Bertz CT molecular complexity index is 3910. The zero-order valence-electron chi connectivity index (χ0n) is 30.5. The lowest BCUT2D eigenvalue weighted by Gasteiger charge is -2.11. The molecule has 0 bridgehead atoms. The first kappa shape index (κ1) is 31.7. The Morgan fingerprint density at radius 2 is 0.948 bits per heavy atom. The molecule has 0 spiro atoms. The van der Waals surface area contributed by atoms with E-state index in [4.69, 9.17) is 8.83 Å². The molecule has 4 aromatic heterocycles. The van der Waals surface area contributed by atoms with Gasteiger partial charge >= 0.3 is 0 Å². The van der Waals surface area contributed by atoms with E-state index in [9.17, 15) is 15.8 Å². The predicted octanol–water partition coefficient (Wildman–Crippen LogP) is 13.0. The molecule has 0 saturated heterocycles. The highest BCUT2D eigenvalue weighted by atomic mass is 16.3. The van der Waals surface area contributed by atoms with E-state index in [0.29, 0.717) is 22.4 Å². The number of aromatic nitrogens is 2. The number of hydrogen-bond donors (Lipinski definition) is 0. The summed E-state index contributed by atoms with van der Waals surface area (Å²) < 4.78 is 17.0. The molecule has 0 atom stereocenters. The fraction of sp³-hybridized carbons (Fsp3) is 0. The van der Waals surface area contributed by atoms with Crippen LogP contribution in [0.2, 0.25) is 0 Å². The first-order chi connectivity index (χ1) is 28.6. The normalized spacial score (nSPS) is 11.7. The first-order valence-electron chi connectivity index (χ1n) is 18.8. The third-order valence-corrected chi connectivity index (χ3v) is 11.6. The van der Waals surface area contributed by atoms with Crippen molar-refractivity contribution in [2.24, 2.45) is 0 Å². The summed E-state index contributed by atoms with van der Waals surface area (Å²) in [7, 11) is 0. The van der Waals surface area contributed by atoms with Crippen LogP contribution in [0.5, 0.6) is 0 Å². The molecular formula is C51H25N5O2. The van der Waals surface area contributed by atoms with Gasteiger partial charge in [0.05, 0.1) is 50.5 Å². The summed E-state index contributed by atoms with van der Waals surface area (Å²) in [5, 5.41) is 38.4. The van der Waals surface area contributed by atoms with Crippen molar-refractivity contribution in [3.63, 3.8) is 0 Å². The summed E-state index contributed by atoms with van der Waals surface area (Å²) in [6.45, 7) is 0. The van der Waals surface area contributed by atoms with Crippen LogP contribution < -0.4 is 0 Å². The van der Waals surface area contributed by atoms with E-state index >= 15 is 0 Å². The third kappa shape index (κ3) is 4.34. The molecule has 7 heteroatoms. The highest BCUT2D eigenvalue weighted by molar-refractivity contribution is 6.20. The molecule has 0 aliphatic heterocycles. The van der Waals surface area contributed by atoms with Crippen molar-refractivity contribution in [2.45, 2.75) is 0 Å². The van der Waals surface area contributed by atoms with Crippen molar-refractivity contribution in [3.05, 3.63) is 168 Å². The lowest BCUT2D eigenvalue weighted by atomic mass is 10.00. The quantitative estimate of drug-likeness (QED) is 0.179. The van der Waals surface area contributed by atoms with Crippen molar-refractivity contribution < 1.29 is 8.83 Å². The van der Waals surface area contributed by atoms with E-state index in [1.807, 2.05) is 78.9 Å². The Morgan fingerprint density at radius 1 is 0.379 bits per heavy atom. The highest BCUT2D eigenvalue weighted by Gasteiger charge is 2.22. The van der Waals surface area contributed by atoms with Crippen molar-refractivity contribution in [2.75, 3.05) is 0 Å². The second kappa shape index (κ2) is 11.7. The molecule has 0 N–H and O–H groups in total. The summed E-state index contributed by atoms with van der Waals surface area (Å²) in [6, 6.07) is 57.6. The van der Waals surface area contributed by atoms with E-state index in [1.54, 1.807) is 6.07 Å². The minimum Gasteiger partial charge on any atom is -0.456 e. The minimum atomic E-state index is 0.319. The van der Waals surface area contributed by atoms with Gasteiger partial charge in [0.2, 0.25) is 0 Å². The zero-order valence-corrected chi connectivity index (χ0v) is 30.5. The number of nitriles is 3. The number of hydrogen-bond acceptors (Lipinski definition) is 5. The molecule has 0 unspecified atom stereocenters. The Hall–Kier alpha value is -8.57. The van der Waals surface area contributed by atoms with Gasteiger partial charge in [0.1, 0.15) is 34.5 Å². The minimum absolute atomic E-state index is 0.319. The monoisotopic (exact) mass is 739 g/mol. The Labute approximate surface area is 329 Å². The number of furan rings is 2. The Morgan fingerprint density at radius 3 is 1.55 bits per heavy atom. The number of nitrogens with zero attached hydrogens (tertiary/aromatic N) is 5. The van der Waals surface area contributed by atoms with Crippen LogP contribution in [-0.2, 0) is 0 Å². The third-order valence-electron chi connectivity index (χ3n) is 11.6. The van der Waals surface area contributed by atoms with Crippen LogP contribution in [0.4, 0.5) is 0 Å². The summed E-state index contributed by atoms with van der Waals surface area (Å²) in [5.41, 5.74) is 11.8. The van der Waals surface area contributed by atoms with Crippen LogP contribution in [-0.4, -0.2) is 9.13 Å². The average Bonchev–Trinajstić information content (AvgIpc) is 4.01. The summed E-state index contributed by atoms with van der Waals surface area (Å²) in [4.78, 5) is 0. The molecule has 266 valence electrons. The fourth-order valence-corrected chi connectivity index (χ4v) is 9.02. The molecule has 7 nitrogen and oxygen atoms in total. The van der Waals surface area contributed by atoms with E-state index in [-0.39, 0.29) is 0 Å². The summed E-state index contributed by atoms with van der Waals surface area (Å²) in [5.74, 6) is 0. The van der Waals surface area contributed by atoms with Gasteiger partial charge < -0.3 is 18.0 Å². The van der Waals surface area contributed by atoms with E-state index in [0.717, 1.165) is 104 Å². The van der Waals surface area contributed by atoms with Crippen LogP contribution in [0.15, 0.2) is 160 Å². The van der Waals surface area contributed by atoms with Crippen LogP contribution in [0.3, 0.4) is 0 Å².